The van der Waals surface area contributed by atoms with Crippen LogP contribution in [0, 0.1) is 5.92 Å². The van der Waals surface area contributed by atoms with Gasteiger partial charge in [0.1, 0.15) is 5.78 Å². The number of alkyl halides is 1. The number of hydrogen-bond acceptors (Lipinski definition) is 3. The molecule has 1 heterocycles. The minimum atomic E-state index is -1.89. The highest BCUT2D eigenvalue weighted by Gasteiger charge is 2.47. The molecule has 0 bridgehead atoms. The van der Waals surface area contributed by atoms with Crippen LogP contribution in [0.4, 0.5) is 0 Å². The Kier molecular flexibility index (Phi) is 5.60. The Morgan fingerprint density at radius 3 is 2.40 bits per heavy atom. The van der Waals surface area contributed by atoms with Gasteiger partial charge < -0.3 is 9.74 Å². The molecule has 0 radical (unpaired) electrons. The van der Waals surface area contributed by atoms with Crippen LogP contribution in [0.1, 0.15) is 34.1 Å². The molecule has 3 atom stereocenters. The maximum Gasteiger partial charge on any atom is 0.228 e. The van der Waals surface area contributed by atoms with Gasteiger partial charge in [-0.3, -0.25) is 9.59 Å². The van der Waals surface area contributed by atoms with Crippen LogP contribution in [0.3, 0.4) is 0 Å². The molecule has 1 aliphatic rings. The van der Waals surface area contributed by atoms with Crippen molar-refractivity contribution in [2.75, 3.05) is 5.33 Å². The molecule has 1 N–H and O–H groups in total. The fourth-order valence-corrected chi connectivity index (χ4v) is 3.85. The topological polar surface area (TPSA) is 55.4 Å². The van der Waals surface area contributed by atoms with Crippen LogP contribution >= 0.6 is 15.9 Å². The van der Waals surface area contributed by atoms with Crippen molar-refractivity contribution >= 4 is 35.9 Å². The summed E-state index contributed by atoms with van der Waals surface area (Å²) < 4.78 is 6.28. The van der Waals surface area contributed by atoms with E-state index in [0.717, 1.165) is 0 Å². The zero-order valence-corrected chi connectivity index (χ0v) is 15.8. The lowest BCUT2D eigenvalue weighted by atomic mass is 9.83. The summed E-state index contributed by atoms with van der Waals surface area (Å²) in [6.45, 7) is 12.9. The van der Waals surface area contributed by atoms with Crippen molar-refractivity contribution < 1.29 is 14.0 Å². The van der Waals surface area contributed by atoms with Crippen molar-refractivity contribution in [3.63, 3.8) is 0 Å². The summed E-state index contributed by atoms with van der Waals surface area (Å²) in [5.74, 6) is -0.0877. The molecule has 1 fully saturated rings. The fourth-order valence-electron chi connectivity index (χ4n) is 2.19. The van der Waals surface area contributed by atoms with Crippen LogP contribution in [0.15, 0.2) is 0 Å². The van der Waals surface area contributed by atoms with Crippen LogP contribution in [-0.4, -0.2) is 37.5 Å². The first-order valence-electron chi connectivity index (χ1n) is 7.05. The van der Waals surface area contributed by atoms with Crippen molar-refractivity contribution in [1.29, 1.82) is 0 Å². The zero-order chi connectivity index (χ0) is 15.7. The Hall–Kier alpha value is -0.203. The summed E-state index contributed by atoms with van der Waals surface area (Å²) in [5.41, 5.74) is 0. The molecular formula is C14H26BrNO3Si. The molecule has 6 heteroatoms. The van der Waals surface area contributed by atoms with Crippen LogP contribution < -0.4 is 5.32 Å². The quantitative estimate of drug-likeness (QED) is 0.448. The van der Waals surface area contributed by atoms with Crippen LogP contribution in [0.2, 0.25) is 18.1 Å². The molecule has 0 aliphatic carbocycles. The molecule has 0 saturated carbocycles. The van der Waals surface area contributed by atoms with E-state index in [4.69, 9.17) is 4.43 Å². The number of carbonyl (C=O) groups is 2. The third-order valence-corrected chi connectivity index (χ3v) is 9.65. The third kappa shape index (κ3) is 3.92. The van der Waals surface area contributed by atoms with Gasteiger partial charge in [-0.15, -0.1) is 0 Å². The van der Waals surface area contributed by atoms with E-state index in [9.17, 15) is 9.59 Å². The molecule has 0 aromatic heterocycles. The maximum absolute atomic E-state index is 11.8. The molecule has 0 unspecified atom stereocenters. The van der Waals surface area contributed by atoms with Crippen molar-refractivity contribution in [3.8, 4) is 0 Å². The van der Waals surface area contributed by atoms with Gasteiger partial charge in [0, 0.05) is 12.5 Å². The van der Waals surface area contributed by atoms with Gasteiger partial charge in [-0.1, -0.05) is 36.7 Å². The highest BCUT2D eigenvalue weighted by molar-refractivity contribution is 9.09. The molecule has 1 aliphatic heterocycles. The van der Waals surface area contributed by atoms with Crippen LogP contribution in [0.5, 0.6) is 0 Å². The van der Waals surface area contributed by atoms with E-state index in [1.807, 2.05) is 6.92 Å². The second kappa shape index (κ2) is 6.28. The first-order chi connectivity index (χ1) is 8.99. The number of ketones is 1. The SMILES string of the molecule is C[C@@H](O[Si](C)(C)C(C)(C)C)[C@H]1C(=O)N[C@@H]1CC(=O)CBr. The van der Waals surface area contributed by atoms with Crippen LogP contribution in [0.25, 0.3) is 0 Å². The van der Waals surface area contributed by atoms with Gasteiger partial charge in [-0.25, -0.2) is 0 Å². The Morgan fingerprint density at radius 1 is 1.45 bits per heavy atom. The number of hydrogen-bond donors (Lipinski definition) is 1. The third-order valence-electron chi connectivity index (χ3n) is 4.45. The molecule has 1 saturated heterocycles. The Morgan fingerprint density at radius 2 is 2.00 bits per heavy atom. The van der Waals surface area contributed by atoms with Gasteiger partial charge in [-0.05, 0) is 25.1 Å². The summed E-state index contributed by atoms with van der Waals surface area (Å²) in [7, 11) is -1.89. The van der Waals surface area contributed by atoms with Gasteiger partial charge in [0.2, 0.25) is 5.91 Å². The number of rotatable bonds is 6. The predicted octanol–water partition coefficient (Wildman–Crippen LogP) is 2.87. The lowest BCUT2D eigenvalue weighted by molar-refractivity contribution is -0.141. The average Bonchev–Trinajstić information content (AvgIpc) is 2.25. The molecule has 116 valence electrons. The summed E-state index contributed by atoms with van der Waals surface area (Å²) in [5, 5.41) is 3.27. The maximum atomic E-state index is 11.8. The molecule has 20 heavy (non-hydrogen) atoms. The van der Waals surface area contributed by atoms with E-state index in [1.54, 1.807) is 0 Å². The molecule has 0 aromatic rings. The average molecular weight is 364 g/mol. The minimum Gasteiger partial charge on any atom is -0.413 e. The first-order valence-corrected chi connectivity index (χ1v) is 11.1. The molecule has 1 amide bonds. The number of halogens is 1. The number of β-lactam (4-membered cyclic amide) rings is 1. The minimum absolute atomic E-state index is 0.00332. The van der Waals surface area contributed by atoms with E-state index in [1.165, 1.54) is 0 Å². The standard InChI is InChI=1S/C14H26BrNO3Si/c1-9(19-20(5,6)14(2,3)4)12-11(16-13(12)18)7-10(17)8-15/h9,11-12H,7-8H2,1-6H3,(H,16,18)/t9-,11-,12-/m1/s1. The smallest absolute Gasteiger partial charge is 0.228 e. The Bertz CT molecular complexity index is 392. The molecule has 1 rings (SSSR count). The van der Waals surface area contributed by atoms with Gasteiger partial charge in [0.15, 0.2) is 8.32 Å². The zero-order valence-electron chi connectivity index (χ0n) is 13.2. The highest BCUT2D eigenvalue weighted by Crippen LogP contribution is 2.39. The van der Waals surface area contributed by atoms with Crippen molar-refractivity contribution in [2.45, 2.75) is 64.4 Å². The summed E-state index contributed by atoms with van der Waals surface area (Å²) in [6.07, 6.45) is 0.241. The van der Waals surface area contributed by atoms with Gasteiger partial charge >= 0.3 is 0 Å². The molecule has 0 aromatic carbocycles. The Labute approximate surface area is 131 Å². The van der Waals surface area contributed by atoms with Crippen molar-refractivity contribution in [2.24, 2.45) is 5.92 Å². The van der Waals surface area contributed by atoms with E-state index in [-0.39, 0.29) is 34.8 Å². The lowest BCUT2D eigenvalue weighted by Crippen LogP contribution is -2.64. The van der Waals surface area contributed by atoms with Crippen LogP contribution in [-0.2, 0) is 14.0 Å². The Balaban J connectivity index is 2.68. The predicted molar refractivity (Wildman–Crippen MR) is 86.6 cm³/mol. The van der Waals surface area contributed by atoms with Gasteiger partial charge in [-0.2, -0.15) is 0 Å². The van der Waals surface area contributed by atoms with E-state index < -0.39 is 8.32 Å². The summed E-state index contributed by atoms with van der Waals surface area (Å²) in [6, 6.07) is -0.0766. The van der Waals surface area contributed by atoms with Gasteiger partial charge in [0.25, 0.3) is 0 Å². The van der Waals surface area contributed by atoms with Crippen molar-refractivity contribution in [1.82, 2.24) is 5.32 Å². The van der Waals surface area contributed by atoms with Crippen molar-refractivity contribution in [3.05, 3.63) is 0 Å². The van der Waals surface area contributed by atoms with E-state index in [2.05, 4.69) is 55.1 Å². The van der Waals surface area contributed by atoms with E-state index in [0.29, 0.717) is 11.8 Å². The monoisotopic (exact) mass is 363 g/mol. The first kappa shape index (κ1) is 17.8. The number of carbonyl (C=O) groups excluding carboxylic acids is 2. The lowest BCUT2D eigenvalue weighted by Gasteiger charge is -2.45. The summed E-state index contributed by atoms with van der Waals surface area (Å²) in [4.78, 5) is 23.3. The highest BCUT2D eigenvalue weighted by atomic mass is 79.9. The number of nitrogens with one attached hydrogen (secondary N) is 1. The molecular weight excluding hydrogens is 338 g/mol. The molecule has 0 spiro atoms. The van der Waals surface area contributed by atoms with E-state index >= 15 is 0 Å². The summed E-state index contributed by atoms with van der Waals surface area (Å²) >= 11 is 3.16. The second-order valence-corrected chi connectivity index (χ2v) is 12.4. The fraction of sp³-hybridized carbons (Fsp3) is 0.857. The molecule has 4 nitrogen and oxygen atoms in total. The normalized spacial score (nSPS) is 24.9. The second-order valence-electron chi connectivity index (χ2n) is 7.10. The number of amides is 1. The van der Waals surface area contributed by atoms with Gasteiger partial charge in [0.05, 0.1) is 17.4 Å². The largest absolute Gasteiger partial charge is 0.413 e. The number of Topliss-reactive ketones (excluding diaryl/α,β-unsaturated/α-hetero) is 1.